The number of benzene rings is 1. The average molecular weight is 297 g/mol. The van der Waals surface area contributed by atoms with Crippen molar-refractivity contribution in [3.8, 4) is 11.6 Å². The van der Waals surface area contributed by atoms with Crippen molar-refractivity contribution in [1.82, 2.24) is 4.98 Å². The van der Waals surface area contributed by atoms with Gasteiger partial charge in [-0.1, -0.05) is 6.07 Å². The van der Waals surface area contributed by atoms with E-state index in [2.05, 4.69) is 4.98 Å². The molecule has 0 radical (unpaired) electrons. The number of pyridine rings is 1. The number of hydrogen-bond acceptors (Lipinski definition) is 3. The van der Waals surface area contributed by atoms with Crippen molar-refractivity contribution in [2.45, 2.75) is 13.1 Å². The number of aromatic carboxylic acids is 1. The molecule has 1 aromatic heterocycles. The maximum absolute atomic E-state index is 12.6. The Bertz CT molecular complexity index is 683. The zero-order chi connectivity index (χ0) is 15.6. The first-order valence-electron chi connectivity index (χ1n) is 5.83. The summed E-state index contributed by atoms with van der Waals surface area (Å²) >= 11 is 0. The molecule has 1 aromatic carbocycles. The number of halogens is 3. The summed E-state index contributed by atoms with van der Waals surface area (Å²) in [6.45, 7) is 1.56. The lowest BCUT2D eigenvalue weighted by molar-refractivity contribution is -0.137. The van der Waals surface area contributed by atoms with Crippen molar-refractivity contribution >= 4 is 5.97 Å². The standard InChI is InChI=1S/C14H10F3NO3/c1-8-5-9(13(19)20)6-12(18-8)21-11-4-2-3-10(7-11)14(15,16)17/h2-7H,1H3,(H,19,20). The van der Waals surface area contributed by atoms with E-state index in [1.54, 1.807) is 6.92 Å². The van der Waals surface area contributed by atoms with Gasteiger partial charge < -0.3 is 9.84 Å². The Morgan fingerprint density at radius 1 is 1.24 bits per heavy atom. The molecule has 0 atom stereocenters. The molecule has 0 saturated carbocycles. The first-order chi connectivity index (χ1) is 9.75. The van der Waals surface area contributed by atoms with Crippen molar-refractivity contribution in [2.24, 2.45) is 0 Å². The summed E-state index contributed by atoms with van der Waals surface area (Å²) in [5.41, 5.74) is -0.521. The molecule has 110 valence electrons. The Morgan fingerprint density at radius 3 is 2.57 bits per heavy atom. The zero-order valence-electron chi connectivity index (χ0n) is 10.8. The molecule has 0 unspecified atom stereocenters. The largest absolute Gasteiger partial charge is 0.478 e. The van der Waals surface area contributed by atoms with Gasteiger partial charge in [0.25, 0.3) is 0 Å². The highest BCUT2D eigenvalue weighted by molar-refractivity contribution is 5.88. The maximum Gasteiger partial charge on any atom is 0.416 e. The van der Waals surface area contributed by atoms with Crippen molar-refractivity contribution in [3.63, 3.8) is 0 Å². The van der Waals surface area contributed by atoms with Gasteiger partial charge in [-0.25, -0.2) is 9.78 Å². The molecule has 1 heterocycles. The molecule has 0 fully saturated rings. The highest BCUT2D eigenvalue weighted by Crippen LogP contribution is 2.32. The van der Waals surface area contributed by atoms with E-state index < -0.39 is 17.7 Å². The Labute approximate surface area is 117 Å². The molecular formula is C14H10F3NO3. The van der Waals surface area contributed by atoms with Crippen LogP contribution < -0.4 is 4.74 Å². The van der Waals surface area contributed by atoms with Crippen LogP contribution in [0.15, 0.2) is 36.4 Å². The van der Waals surface area contributed by atoms with E-state index in [1.165, 1.54) is 18.2 Å². The van der Waals surface area contributed by atoms with Crippen LogP contribution in [-0.4, -0.2) is 16.1 Å². The van der Waals surface area contributed by atoms with E-state index in [4.69, 9.17) is 9.84 Å². The second kappa shape index (κ2) is 5.43. The molecule has 0 aliphatic carbocycles. The summed E-state index contributed by atoms with van der Waals surface area (Å²) in [6, 6.07) is 6.76. The van der Waals surface area contributed by atoms with Crippen LogP contribution in [0.4, 0.5) is 13.2 Å². The van der Waals surface area contributed by atoms with Crippen LogP contribution in [0.2, 0.25) is 0 Å². The normalized spacial score (nSPS) is 11.2. The molecule has 2 rings (SSSR count). The monoisotopic (exact) mass is 297 g/mol. The SMILES string of the molecule is Cc1cc(C(=O)O)cc(Oc2cccc(C(F)(F)F)c2)n1. The number of nitrogens with zero attached hydrogens (tertiary/aromatic N) is 1. The Kier molecular flexibility index (Phi) is 3.84. The van der Waals surface area contributed by atoms with E-state index in [0.29, 0.717) is 5.69 Å². The van der Waals surface area contributed by atoms with Crippen molar-refractivity contribution < 1.29 is 27.8 Å². The van der Waals surface area contributed by atoms with Gasteiger partial charge in [0.1, 0.15) is 5.75 Å². The lowest BCUT2D eigenvalue weighted by Gasteiger charge is -2.10. The van der Waals surface area contributed by atoms with Crippen LogP contribution in [0.25, 0.3) is 0 Å². The number of carboxylic acid groups (broad SMARTS) is 1. The average Bonchev–Trinajstić information content (AvgIpc) is 2.37. The second-order valence-electron chi connectivity index (χ2n) is 4.27. The van der Waals surface area contributed by atoms with Crippen molar-refractivity contribution in [1.29, 1.82) is 0 Å². The summed E-state index contributed by atoms with van der Waals surface area (Å²) in [7, 11) is 0. The molecule has 0 amide bonds. The van der Waals surface area contributed by atoms with Gasteiger partial charge in [0.15, 0.2) is 0 Å². The quantitative estimate of drug-likeness (QED) is 0.933. The third kappa shape index (κ3) is 3.71. The molecule has 21 heavy (non-hydrogen) atoms. The van der Waals surface area contributed by atoms with Crippen LogP contribution in [0.5, 0.6) is 11.6 Å². The summed E-state index contributed by atoms with van der Waals surface area (Å²) in [6.07, 6.45) is -4.48. The highest BCUT2D eigenvalue weighted by Gasteiger charge is 2.30. The van der Waals surface area contributed by atoms with Gasteiger partial charge >= 0.3 is 12.1 Å². The molecular weight excluding hydrogens is 287 g/mol. The highest BCUT2D eigenvalue weighted by atomic mass is 19.4. The van der Waals surface area contributed by atoms with Crippen LogP contribution in [0.3, 0.4) is 0 Å². The molecule has 0 bridgehead atoms. The van der Waals surface area contributed by atoms with E-state index >= 15 is 0 Å². The van der Waals surface area contributed by atoms with E-state index in [-0.39, 0.29) is 17.2 Å². The number of carboxylic acids is 1. The first-order valence-corrected chi connectivity index (χ1v) is 5.83. The molecule has 0 spiro atoms. The minimum absolute atomic E-state index is 0.0514. The third-order valence-electron chi connectivity index (χ3n) is 2.56. The molecule has 0 saturated heterocycles. The van der Waals surface area contributed by atoms with Gasteiger partial charge in [-0.2, -0.15) is 13.2 Å². The Morgan fingerprint density at radius 2 is 1.95 bits per heavy atom. The van der Waals surface area contributed by atoms with E-state index in [9.17, 15) is 18.0 Å². The van der Waals surface area contributed by atoms with Crippen LogP contribution in [0, 0.1) is 6.92 Å². The Balaban J connectivity index is 2.32. The van der Waals surface area contributed by atoms with Gasteiger partial charge in [0.2, 0.25) is 5.88 Å². The smallest absolute Gasteiger partial charge is 0.416 e. The zero-order valence-corrected chi connectivity index (χ0v) is 10.8. The molecule has 4 nitrogen and oxygen atoms in total. The van der Waals surface area contributed by atoms with Gasteiger partial charge in [0, 0.05) is 11.8 Å². The molecule has 0 aliphatic heterocycles. The fourth-order valence-corrected chi connectivity index (χ4v) is 1.67. The van der Waals surface area contributed by atoms with Gasteiger partial charge in [-0.05, 0) is 31.2 Å². The maximum atomic E-state index is 12.6. The van der Waals surface area contributed by atoms with Crippen molar-refractivity contribution in [3.05, 3.63) is 53.2 Å². The van der Waals surface area contributed by atoms with Gasteiger partial charge in [0.05, 0.1) is 11.1 Å². The van der Waals surface area contributed by atoms with Crippen LogP contribution >= 0.6 is 0 Å². The first kappa shape index (κ1) is 14.8. The number of aryl methyl sites for hydroxylation is 1. The van der Waals surface area contributed by atoms with E-state index in [1.807, 2.05) is 0 Å². The second-order valence-corrected chi connectivity index (χ2v) is 4.27. The number of alkyl halides is 3. The molecule has 2 aromatic rings. The van der Waals surface area contributed by atoms with Crippen LogP contribution in [-0.2, 0) is 6.18 Å². The summed E-state index contributed by atoms with van der Waals surface area (Å²) in [5, 5.41) is 8.92. The van der Waals surface area contributed by atoms with Crippen molar-refractivity contribution in [2.75, 3.05) is 0 Å². The molecule has 0 aliphatic rings. The summed E-state index contributed by atoms with van der Waals surface area (Å²) in [4.78, 5) is 14.8. The third-order valence-corrected chi connectivity index (χ3v) is 2.56. The lowest BCUT2D eigenvalue weighted by Crippen LogP contribution is -2.05. The topological polar surface area (TPSA) is 59.4 Å². The lowest BCUT2D eigenvalue weighted by atomic mass is 10.2. The van der Waals surface area contributed by atoms with E-state index in [0.717, 1.165) is 18.2 Å². The minimum atomic E-state index is -4.48. The number of carbonyl (C=O) groups is 1. The summed E-state index contributed by atoms with van der Waals surface area (Å²) < 4.78 is 43.0. The number of aromatic nitrogens is 1. The number of hydrogen-bond donors (Lipinski definition) is 1. The summed E-state index contributed by atoms with van der Waals surface area (Å²) in [5.74, 6) is -1.32. The number of rotatable bonds is 3. The fourth-order valence-electron chi connectivity index (χ4n) is 1.67. The van der Waals surface area contributed by atoms with Gasteiger partial charge in [-0.3, -0.25) is 0 Å². The molecule has 1 N–H and O–H groups in total. The number of ether oxygens (including phenoxy) is 1. The minimum Gasteiger partial charge on any atom is -0.478 e. The molecule has 7 heteroatoms. The van der Waals surface area contributed by atoms with Gasteiger partial charge in [-0.15, -0.1) is 0 Å². The fraction of sp³-hybridized carbons (Fsp3) is 0.143. The van der Waals surface area contributed by atoms with Crippen LogP contribution in [0.1, 0.15) is 21.6 Å². The predicted molar refractivity (Wildman–Crippen MR) is 67.5 cm³/mol. The predicted octanol–water partition coefficient (Wildman–Crippen LogP) is 3.90. The Hall–Kier alpha value is -2.57.